The highest BCUT2D eigenvalue weighted by molar-refractivity contribution is 5.68. The number of hydrogen-bond donors (Lipinski definition) is 2. The molecule has 1 atom stereocenters. The van der Waals surface area contributed by atoms with Gasteiger partial charge in [0.25, 0.3) is 0 Å². The molecule has 0 radical (unpaired) electrons. The smallest absolute Gasteiger partial charge is 0.305 e. The molecular formula is C14H24N4O2. The van der Waals surface area contributed by atoms with Crippen molar-refractivity contribution in [3.05, 3.63) is 11.4 Å². The molecule has 6 nitrogen and oxygen atoms in total. The van der Waals surface area contributed by atoms with Crippen molar-refractivity contribution in [2.45, 2.75) is 59.9 Å². The van der Waals surface area contributed by atoms with E-state index in [4.69, 9.17) is 5.11 Å². The van der Waals surface area contributed by atoms with Gasteiger partial charge < -0.3 is 10.4 Å². The number of carbonyl (C=O) groups is 1. The highest BCUT2D eigenvalue weighted by atomic mass is 16.4. The van der Waals surface area contributed by atoms with Gasteiger partial charge in [0.1, 0.15) is 0 Å². The van der Waals surface area contributed by atoms with E-state index in [2.05, 4.69) is 20.5 Å². The van der Waals surface area contributed by atoms with Crippen molar-refractivity contribution in [3.8, 4) is 0 Å². The zero-order valence-electron chi connectivity index (χ0n) is 12.9. The maximum Gasteiger partial charge on any atom is 0.305 e. The van der Waals surface area contributed by atoms with E-state index >= 15 is 0 Å². The van der Waals surface area contributed by atoms with E-state index < -0.39 is 5.97 Å². The van der Waals surface area contributed by atoms with Crippen LogP contribution in [0.4, 0.5) is 5.95 Å². The first-order valence-electron chi connectivity index (χ1n) is 6.98. The molecule has 6 heteroatoms. The summed E-state index contributed by atoms with van der Waals surface area (Å²) in [5.74, 6) is -0.438. The van der Waals surface area contributed by atoms with Gasteiger partial charge in [0.2, 0.25) is 5.95 Å². The van der Waals surface area contributed by atoms with Crippen LogP contribution >= 0.6 is 0 Å². The zero-order valence-corrected chi connectivity index (χ0v) is 12.9. The number of hydrogen-bond acceptors (Lipinski definition) is 5. The van der Waals surface area contributed by atoms with Crippen molar-refractivity contribution in [3.63, 3.8) is 0 Å². The van der Waals surface area contributed by atoms with Crippen molar-refractivity contribution >= 4 is 11.9 Å². The summed E-state index contributed by atoms with van der Waals surface area (Å²) >= 11 is 0. The molecule has 1 rings (SSSR count). The summed E-state index contributed by atoms with van der Waals surface area (Å²) in [6.45, 7) is 10.00. The van der Waals surface area contributed by atoms with Crippen LogP contribution in [0, 0.1) is 5.41 Å². The second-order valence-corrected chi connectivity index (χ2v) is 5.90. The Morgan fingerprint density at radius 1 is 1.20 bits per heavy atom. The lowest BCUT2D eigenvalue weighted by molar-refractivity contribution is -0.137. The van der Waals surface area contributed by atoms with Gasteiger partial charge in [-0.2, -0.15) is 5.10 Å². The Kier molecular flexibility index (Phi) is 5.42. The number of nitrogens with one attached hydrogen (secondary N) is 1. The molecule has 0 fully saturated rings. The van der Waals surface area contributed by atoms with E-state index in [1.807, 2.05) is 34.6 Å². The van der Waals surface area contributed by atoms with Crippen LogP contribution in [0.3, 0.4) is 0 Å². The van der Waals surface area contributed by atoms with Gasteiger partial charge in [-0.3, -0.25) is 4.79 Å². The normalized spacial score (nSPS) is 13.1. The van der Waals surface area contributed by atoms with Gasteiger partial charge in [-0.15, -0.1) is 5.10 Å². The van der Waals surface area contributed by atoms with E-state index in [1.165, 1.54) is 0 Å². The second-order valence-electron chi connectivity index (χ2n) is 5.90. The van der Waals surface area contributed by atoms with Crippen LogP contribution in [-0.4, -0.2) is 32.3 Å². The van der Waals surface area contributed by atoms with Gasteiger partial charge in [0, 0.05) is 6.04 Å². The van der Waals surface area contributed by atoms with Crippen LogP contribution in [0.25, 0.3) is 0 Å². The molecule has 112 valence electrons. The van der Waals surface area contributed by atoms with Crippen LogP contribution in [0.5, 0.6) is 0 Å². The Morgan fingerprint density at radius 2 is 1.80 bits per heavy atom. The highest BCUT2D eigenvalue weighted by Crippen LogP contribution is 2.24. The van der Waals surface area contributed by atoms with E-state index in [1.54, 1.807) is 0 Å². The molecule has 0 spiro atoms. The van der Waals surface area contributed by atoms with Gasteiger partial charge in [-0.1, -0.05) is 34.6 Å². The summed E-state index contributed by atoms with van der Waals surface area (Å²) in [5, 5.41) is 20.3. The maximum atomic E-state index is 11.0. The minimum atomic E-state index is -0.841. The number of aryl methyl sites for hydroxylation is 2. The minimum absolute atomic E-state index is 0.0177. The van der Waals surface area contributed by atoms with Gasteiger partial charge in [0.05, 0.1) is 17.8 Å². The summed E-state index contributed by atoms with van der Waals surface area (Å²) in [4.78, 5) is 15.4. The lowest BCUT2D eigenvalue weighted by atomic mass is 9.85. The SMILES string of the molecule is CCc1nnc(NC(CC(=O)O)C(C)(C)C)nc1CC. The molecule has 0 aliphatic carbocycles. The largest absolute Gasteiger partial charge is 0.481 e. The fourth-order valence-electron chi connectivity index (χ4n) is 1.90. The summed E-state index contributed by atoms with van der Waals surface area (Å²) in [7, 11) is 0. The van der Waals surface area contributed by atoms with E-state index in [9.17, 15) is 4.79 Å². The molecule has 2 N–H and O–H groups in total. The van der Waals surface area contributed by atoms with Crippen LogP contribution in [0.15, 0.2) is 0 Å². The van der Waals surface area contributed by atoms with E-state index in [0.717, 1.165) is 24.2 Å². The van der Waals surface area contributed by atoms with Gasteiger partial charge in [0.15, 0.2) is 0 Å². The molecule has 0 saturated carbocycles. The number of rotatable bonds is 6. The molecule has 20 heavy (non-hydrogen) atoms. The Hall–Kier alpha value is -1.72. The molecule has 0 amide bonds. The summed E-state index contributed by atoms with van der Waals surface area (Å²) in [6, 6.07) is -0.251. The Morgan fingerprint density at radius 3 is 2.25 bits per heavy atom. The highest BCUT2D eigenvalue weighted by Gasteiger charge is 2.27. The van der Waals surface area contributed by atoms with Crippen LogP contribution < -0.4 is 5.32 Å². The third-order valence-corrected chi connectivity index (χ3v) is 3.24. The first-order chi connectivity index (χ1) is 9.27. The number of aliphatic carboxylic acids is 1. The van der Waals surface area contributed by atoms with Gasteiger partial charge in [-0.25, -0.2) is 4.98 Å². The van der Waals surface area contributed by atoms with Crippen molar-refractivity contribution in [1.82, 2.24) is 15.2 Å². The van der Waals surface area contributed by atoms with Crippen LogP contribution in [0.2, 0.25) is 0 Å². The predicted molar refractivity (Wildman–Crippen MR) is 77.7 cm³/mol. The monoisotopic (exact) mass is 280 g/mol. The average molecular weight is 280 g/mol. The van der Waals surface area contributed by atoms with E-state index in [-0.39, 0.29) is 17.9 Å². The molecule has 0 saturated heterocycles. The number of anilines is 1. The van der Waals surface area contributed by atoms with E-state index in [0.29, 0.717) is 5.95 Å². The average Bonchev–Trinajstić information content (AvgIpc) is 2.36. The van der Waals surface area contributed by atoms with Crippen molar-refractivity contribution in [2.24, 2.45) is 5.41 Å². The quantitative estimate of drug-likeness (QED) is 0.831. The van der Waals surface area contributed by atoms with Crippen molar-refractivity contribution in [2.75, 3.05) is 5.32 Å². The second kappa shape index (κ2) is 6.63. The molecule has 1 aromatic rings. The Labute approximate surface area is 120 Å². The first-order valence-corrected chi connectivity index (χ1v) is 6.98. The van der Waals surface area contributed by atoms with Gasteiger partial charge in [-0.05, 0) is 18.3 Å². The molecule has 1 unspecified atom stereocenters. The van der Waals surface area contributed by atoms with Crippen LogP contribution in [0.1, 0.15) is 52.4 Å². The molecule has 0 aliphatic heterocycles. The summed E-state index contributed by atoms with van der Waals surface area (Å²) in [6.07, 6.45) is 1.59. The van der Waals surface area contributed by atoms with Crippen LogP contribution in [-0.2, 0) is 17.6 Å². The number of carboxylic acid groups (broad SMARTS) is 1. The number of carboxylic acids is 1. The molecule has 0 bridgehead atoms. The molecule has 1 aromatic heterocycles. The minimum Gasteiger partial charge on any atom is -0.481 e. The fraction of sp³-hybridized carbons (Fsp3) is 0.714. The molecule has 0 aliphatic rings. The Bertz CT molecular complexity index is 469. The predicted octanol–water partition coefficient (Wildman–Crippen LogP) is 2.30. The lowest BCUT2D eigenvalue weighted by Crippen LogP contribution is -2.36. The van der Waals surface area contributed by atoms with Gasteiger partial charge >= 0.3 is 5.97 Å². The molecular weight excluding hydrogens is 256 g/mol. The number of aromatic nitrogens is 3. The zero-order chi connectivity index (χ0) is 15.3. The third-order valence-electron chi connectivity index (χ3n) is 3.24. The fourth-order valence-corrected chi connectivity index (χ4v) is 1.90. The summed E-state index contributed by atoms with van der Waals surface area (Å²) in [5.41, 5.74) is 1.59. The molecule has 0 aromatic carbocycles. The third kappa shape index (κ3) is 4.43. The first kappa shape index (κ1) is 16.3. The standard InChI is InChI=1S/C14H24N4O2/c1-6-9-10(7-2)17-18-13(15-9)16-11(8-12(19)20)14(3,4)5/h11H,6-8H2,1-5H3,(H,19,20)(H,15,16,18). The number of nitrogens with zero attached hydrogens (tertiary/aromatic N) is 3. The van der Waals surface area contributed by atoms with Crippen molar-refractivity contribution in [1.29, 1.82) is 0 Å². The van der Waals surface area contributed by atoms with Crippen molar-refractivity contribution < 1.29 is 9.90 Å². The molecule has 1 heterocycles. The topological polar surface area (TPSA) is 88.0 Å². The Balaban J connectivity index is 2.96. The lowest BCUT2D eigenvalue weighted by Gasteiger charge is -2.30. The maximum absolute atomic E-state index is 11.0. The summed E-state index contributed by atoms with van der Waals surface area (Å²) < 4.78 is 0.